The first-order valence-corrected chi connectivity index (χ1v) is 4.44. The molecule has 3 nitrogen and oxygen atoms in total. The third-order valence-electron chi connectivity index (χ3n) is 2.08. The number of hydrogen-bond acceptors (Lipinski definition) is 3. The molecule has 1 aromatic heterocycles. The summed E-state index contributed by atoms with van der Waals surface area (Å²) in [6.07, 6.45) is -7.55. The van der Waals surface area contributed by atoms with Crippen LogP contribution in [0.1, 0.15) is 23.2 Å². The fourth-order valence-corrected chi connectivity index (χ4v) is 1.39. The zero-order valence-corrected chi connectivity index (χ0v) is 8.68. The van der Waals surface area contributed by atoms with Gasteiger partial charge >= 0.3 is 6.18 Å². The van der Waals surface area contributed by atoms with Crippen LogP contribution in [-0.2, 0) is 12.7 Å². The van der Waals surface area contributed by atoms with E-state index < -0.39 is 41.7 Å². The Bertz CT molecular complexity index is 405. The van der Waals surface area contributed by atoms with Crippen molar-refractivity contribution < 1.29 is 26.7 Å². The van der Waals surface area contributed by atoms with Crippen LogP contribution in [0, 0.1) is 0 Å². The summed E-state index contributed by atoms with van der Waals surface area (Å²) in [6.45, 7) is -0.507. The van der Waals surface area contributed by atoms with E-state index in [4.69, 9.17) is 5.73 Å². The third kappa shape index (κ3) is 2.63. The highest BCUT2D eigenvalue weighted by Crippen LogP contribution is 2.42. The molecular weight excluding hydrogens is 247 g/mol. The van der Waals surface area contributed by atoms with Crippen LogP contribution in [0.2, 0.25) is 0 Å². The molecule has 0 atom stereocenters. The van der Waals surface area contributed by atoms with Crippen molar-refractivity contribution >= 4 is 0 Å². The molecule has 0 aliphatic rings. The summed E-state index contributed by atoms with van der Waals surface area (Å²) in [7, 11) is 0.948. The van der Waals surface area contributed by atoms with Crippen LogP contribution >= 0.6 is 0 Å². The standard InChI is InChI=1S/C9H9F5N2O/c1-17-5-3-16-4(2-15)6(8(10)11)7(5)9(12,13)14/h3,8H,2,15H2,1H3. The highest BCUT2D eigenvalue weighted by molar-refractivity contribution is 5.43. The Hall–Kier alpha value is -1.44. The number of ether oxygens (including phenoxy) is 1. The Balaban J connectivity index is 3.59. The van der Waals surface area contributed by atoms with E-state index in [0.29, 0.717) is 0 Å². The summed E-state index contributed by atoms with van der Waals surface area (Å²) in [6, 6.07) is 0. The Morgan fingerprint density at radius 3 is 2.35 bits per heavy atom. The fourth-order valence-electron chi connectivity index (χ4n) is 1.39. The maximum absolute atomic E-state index is 12.7. The lowest BCUT2D eigenvalue weighted by molar-refractivity contribution is -0.140. The monoisotopic (exact) mass is 256 g/mol. The molecular formula is C9H9F5N2O. The number of aromatic nitrogens is 1. The molecule has 0 spiro atoms. The number of alkyl halides is 5. The summed E-state index contributed by atoms with van der Waals surface area (Å²) in [5, 5.41) is 0. The summed E-state index contributed by atoms with van der Waals surface area (Å²) in [5.74, 6) is -0.745. The first-order chi connectivity index (χ1) is 7.82. The van der Waals surface area contributed by atoms with Crippen molar-refractivity contribution in [3.8, 4) is 5.75 Å². The van der Waals surface area contributed by atoms with Gasteiger partial charge in [0, 0.05) is 6.54 Å². The van der Waals surface area contributed by atoms with Crippen LogP contribution in [0.25, 0.3) is 0 Å². The van der Waals surface area contributed by atoms with Crippen molar-refractivity contribution in [3.05, 3.63) is 23.0 Å². The molecule has 8 heteroatoms. The van der Waals surface area contributed by atoms with Crippen molar-refractivity contribution in [1.82, 2.24) is 4.98 Å². The molecule has 0 saturated heterocycles. The summed E-state index contributed by atoms with van der Waals surface area (Å²) >= 11 is 0. The zero-order valence-electron chi connectivity index (χ0n) is 8.68. The number of hydrogen-bond donors (Lipinski definition) is 1. The van der Waals surface area contributed by atoms with Crippen LogP contribution < -0.4 is 10.5 Å². The van der Waals surface area contributed by atoms with Gasteiger partial charge < -0.3 is 10.5 Å². The van der Waals surface area contributed by atoms with Gasteiger partial charge in [0.2, 0.25) is 0 Å². The minimum absolute atomic E-state index is 0.492. The average molecular weight is 256 g/mol. The number of methoxy groups -OCH3 is 1. The minimum atomic E-state index is -4.95. The third-order valence-corrected chi connectivity index (χ3v) is 2.08. The van der Waals surface area contributed by atoms with Crippen LogP contribution in [-0.4, -0.2) is 12.1 Å². The second kappa shape index (κ2) is 4.82. The van der Waals surface area contributed by atoms with Crippen molar-refractivity contribution in [3.63, 3.8) is 0 Å². The Morgan fingerprint density at radius 1 is 1.41 bits per heavy atom. The number of rotatable bonds is 3. The van der Waals surface area contributed by atoms with E-state index in [1.807, 2.05) is 0 Å². The largest absolute Gasteiger partial charge is 0.494 e. The van der Waals surface area contributed by atoms with Gasteiger partial charge in [0.1, 0.15) is 11.3 Å². The molecule has 17 heavy (non-hydrogen) atoms. The van der Waals surface area contributed by atoms with Gasteiger partial charge in [0.15, 0.2) is 0 Å². The number of nitrogens with two attached hydrogens (primary N) is 1. The number of nitrogens with zero attached hydrogens (tertiary/aromatic N) is 1. The lowest BCUT2D eigenvalue weighted by atomic mass is 10.1. The maximum Gasteiger partial charge on any atom is 0.420 e. The van der Waals surface area contributed by atoms with E-state index in [2.05, 4.69) is 9.72 Å². The predicted molar refractivity (Wildman–Crippen MR) is 48.6 cm³/mol. The molecule has 0 amide bonds. The molecule has 1 aromatic rings. The molecule has 1 heterocycles. The van der Waals surface area contributed by atoms with Gasteiger partial charge in [0.05, 0.1) is 24.6 Å². The quantitative estimate of drug-likeness (QED) is 0.845. The van der Waals surface area contributed by atoms with E-state index in [-0.39, 0.29) is 0 Å². The molecule has 0 aliphatic carbocycles. The second-order valence-corrected chi connectivity index (χ2v) is 3.06. The van der Waals surface area contributed by atoms with Crippen LogP contribution in [0.5, 0.6) is 5.75 Å². The first kappa shape index (κ1) is 13.6. The molecule has 0 saturated carbocycles. The van der Waals surface area contributed by atoms with E-state index in [1.165, 1.54) is 0 Å². The van der Waals surface area contributed by atoms with Gasteiger partial charge in [-0.2, -0.15) is 13.2 Å². The highest BCUT2D eigenvalue weighted by Gasteiger charge is 2.41. The molecule has 96 valence electrons. The van der Waals surface area contributed by atoms with Gasteiger partial charge in [-0.15, -0.1) is 0 Å². The first-order valence-electron chi connectivity index (χ1n) is 4.44. The van der Waals surface area contributed by atoms with Gasteiger partial charge in [0.25, 0.3) is 6.43 Å². The minimum Gasteiger partial charge on any atom is -0.494 e. The SMILES string of the molecule is COc1cnc(CN)c(C(F)F)c1C(F)(F)F. The van der Waals surface area contributed by atoms with Gasteiger partial charge in [-0.05, 0) is 0 Å². The van der Waals surface area contributed by atoms with Crippen molar-refractivity contribution in [2.45, 2.75) is 19.1 Å². The Labute approximate surface area is 93.4 Å². The van der Waals surface area contributed by atoms with Crippen molar-refractivity contribution in [2.24, 2.45) is 5.73 Å². The number of halogens is 5. The van der Waals surface area contributed by atoms with E-state index in [0.717, 1.165) is 13.3 Å². The highest BCUT2D eigenvalue weighted by atomic mass is 19.4. The van der Waals surface area contributed by atoms with Crippen LogP contribution in [0.15, 0.2) is 6.20 Å². The Kier molecular flexibility index (Phi) is 3.87. The zero-order chi connectivity index (χ0) is 13.2. The molecule has 0 radical (unpaired) electrons. The molecule has 1 rings (SSSR count). The van der Waals surface area contributed by atoms with Gasteiger partial charge in [-0.25, -0.2) is 8.78 Å². The van der Waals surface area contributed by atoms with Crippen molar-refractivity contribution in [1.29, 1.82) is 0 Å². The maximum atomic E-state index is 12.7. The summed E-state index contributed by atoms with van der Waals surface area (Å²) in [4.78, 5) is 3.43. The van der Waals surface area contributed by atoms with Gasteiger partial charge in [-0.3, -0.25) is 4.98 Å². The second-order valence-electron chi connectivity index (χ2n) is 3.06. The lowest BCUT2D eigenvalue weighted by Crippen LogP contribution is -2.16. The van der Waals surface area contributed by atoms with Crippen LogP contribution in [0.3, 0.4) is 0 Å². The topological polar surface area (TPSA) is 48.1 Å². The van der Waals surface area contributed by atoms with E-state index in [9.17, 15) is 22.0 Å². The van der Waals surface area contributed by atoms with E-state index in [1.54, 1.807) is 0 Å². The molecule has 0 aromatic carbocycles. The average Bonchev–Trinajstić information content (AvgIpc) is 2.25. The molecule has 0 unspecified atom stereocenters. The Morgan fingerprint density at radius 2 is 2.00 bits per heavy atom. The van der Waals surface area contributed by atoms with Crippen LogP contribution in [0.4, 0.5) is 22.0 Å². The van der Waals surface area contributed by atoms with Gasteiger partial charge in [-0.1, -0.05) is 0 Å². The summed E-state index contributed by atoms with van der Waals surface area (Å²) < 4.78 is 67.8. The summed E-state index contributed by atoms with van der Waals surface area (Å²) in [5.41, 5.74) is 1.85. The van der Waals surface area contributed by atoms with Crippen molar-refractivity contribution in [2.75, 3.05) is 7.11 Å². The molecule has 0 fully saturated rings. The number of pyridine rings is 1. The lowest BCUT2D eigenvalue weighted by Gasteiger charge is -2.17. The van der Waals surface area contributed by atoms with E-state index >= 15 is 0 Å². The smallest absolute Gasteiger partial charge is 0.420 e. The molecule has 0 bridgehead atoms. The predicted octanol–water partition coefficient (Wildman–Crippen LogP) is 2.51. The normalized spacial score (nSPS) is 12.0. The fraction of sp³-hybridized carbons (Fsp3) is 0.444. The molecule has 0 aliphatic heterocycles. The molecule has 2 N–H and O–H groups in total.